The normalized spacial score (nSPS) is 12.5. The first kappa shape index (κ1) is 52.3. The van der Waals surface area contributed by atoms with Crippen molar-refractivity contribution in [2.24, 2.45) is 0 Å². The highest BCUT2D eigenvalue weighted by molar-refractivity contribution is 6.84. The maximum absolute atomic E-state index is 14.0. The van der Waals surface area contributed by atoms with Crippen LogP contribution in [0.3, 0.4) is 0 Å². The predicted octanol–water partition coefficient (Wildman–Crippen LogP) is 12.7. The number of unbranched alkanes of at least 4 members (excludes halogenated alkanes) is 12. The topological polar surface area (TPSA) is 111 Å². The molecule has 0 saturated heterocycles. The first-order valence-corrected chi connectivity index (χ1v) is 35.4. The zero-order valence-electron chi connectivity index (χ0n) is 38.2. The van der Waals surface area contributed by atoms with Crippen LogP contribution in [0.5, 0.6) is 0 Å². The minimum atomic E-state index is -1.89. The van der Waals surface area contributed by atoms with E-state index in [1.54, 1.807) is 6.07 Å². The second-order valence-electron chi connectivity index (χ2n) is 19.2. The molecule has 0 saturated carbocycles. The standard InChI is InChI=1S/C44H84N2O6Si4/c1-13-15-17-19-21-22-24-29-41(47)37-35-38(42(48)30-25-27-33-55(9,10)51-53(3,4)5)39(43(49)45-31-26-23-20-18-16-14-2)36-40(37)44(50)46-32-28-34-56(11,12)52-54(6,7)8/h35-36H,13-34H2,1-12H3,(H,45,49)(H,46,50). The van der Waals surface area contributed by atoms with Gasteiger partial charge in [-0.15, -0.1) is 0 Å². The minimum Gasteiger partial charge on any atom is -0.456 e. The van der Waals surface area contributed by atoms with E-state index in [4.69, 9.17) is 8.23 Å². The third-order valence-corrected chi connectivity index (χ3v) is 22.3. The lowest BCUT2D eigenvalue weighted by Gasteiger charge is -2.31. The smallest absolute Gasteiger partial charge is 0.252 e. The Morgan fingerprint density at radius 2 is 0.786 bits per heavy atom. The Balaban J connectivity index is 3.40. The Kier molecular flexibility index (Phi) is 24.7. The van der Waals surface area contributed by atoms with Crippen LogP contribution in [0.25, 0.3) is 0 Å². The second-order valence-corrected chi connectivity index (χ2v) is 37.3. The van der Waals surface area contributed by atoms with Gasteiger partial charge in [0.15, 0.2) is 44.8 Å². The molecule has 0 radical (unpaired) electrons. The van der Waals surface area contributed by atoms with E-state index >= 15 is 0 Å². The van der Waals surface area contributed by atoms with E-state index in [9.17, 15) is 19.2 Å². The number of ketones is 2. The average Bonchev–Trinajstić information content (AvgIpc) is 3.08. The molecule has 2 N–H and O–H groups in total. The predicted molar refractivity (Wildman–Crippen MR) is 248 cm³/mol. The van der Waals surface area contributed by atoms with Crippen molar-refractivity contribution in [2.75, 3.05) is 13.1 Å². The fraction of sp³-hybridized carbons (Fsp3) is 0.773. The lowest BCUT2D eigenvalue weighted by molar-refractivity contribution is 0.0919. The van der Waals surface area contributed by atoms with Gasteiger partial charge in [0.05, 0.1) is 11.1 Å². The molecule has 0 unspecified atom stereocenters. The molecule has 12 heteroatoms. The Hall–Kier alpha value is -1.71. The summed E-state index contributed by atoms with van der Waals surface area (Å²) >= 11 is 0. The van der Waals surface area contributed by atoms with Gasteiger partial charge in [-0.05, 0) is 115 Å². The molecule has 56 heavy (non-hydrogen) atoms. The fourth-order valence-corrected chi connectivity index (χ4v) is 23.8. The zero-order valence-corrected chi connectivity index (χ0v) is 42.2. The van der Waals surface area contributed by atoms with Gasteiger partial charge in [-0.2, -0.15) is 0 Å². The van der Waals surface area contributed by atoms with E-state index in [0.717, 1.165) is 69.9 Å². The van der Waals surface area contributed by atoms with Crippen molar-refractivity contribution in [3.8, 4) is 0 Å². The number of carbonyl (C=O) groups excluding carboxylic acids is 4. The lowest BCUT2D eigenvalue weighted by Crippen LogP contribution is -2.42. The van der Waals surface area contributed by atoms with Gasteiger partial charge in [0, 0.05) is 37.1 Å². The molecular formula is C44H84N2O6Si4. The van der Waals surface area contributed by atoms with Crippen molar-refractivity contribution in [1.82, 2.24) is 10.6 Å². The molecule has 322 valence electrons. The molecule has 1 aromatic rings. The summed E-state index contributed by atoms with van der Waals surface area (Å²) in [6, 6.07) is 4.97. The van der Waals surface area contributed by atoms with Crippen LogP contribution in [0.1, 0.15) is 171 Å². The Labute approximate surface area is 347 Å². The van der Waals surface area contributed by atoms with Crippen LogP contribution in [-0.4, -0.2) is 69.7 Å². The van der Waals surface area contributed by atoms with Crippen molar-refractivity contribution in [3.63, 3.8) is 0 Å². The third kappa shape index (κ3) is 23.6. The summed E-state index contributed by atoms with van der Waals surface area (Å²) in [5.74, 6) is -1.05. The summed E-state index contributed by atoms with van der Waals surface area (Å²) in [5.41, 5.74) is 0.868. The van der Waals surface area contributed by atoms with Gasteiger partial charge >= 0.3 is 0 Å². The summed E-state index contributed by atoms with van der Waals surface area (Å²) in [4.78, 5) is 55.8. The average molecular weight is 850 g/mol. The molecule has 0 bridgehead atoms. The number of benzene rings is 1. The van der Waals surface area contributed by atoms with Crippen LogP contribution in [-0.2, 0) is 8.23 Å². The van der Waals surface area contributed by atoms with Crippen molar-refractivity contribution < 1.29 is 27.4 Å². The maximum atomic E-state index is 14.0. The van der Waals surface area contributed by atoms with E-state index in [-0.39, 0.29) is 52.1 Å². The summed E-state index contributed by atoms with van der Waals surface area (Å²) < 4.78 is 13.0. The van der Waals surface area contributed by atoms with Crippen LogP contribution in [0.4, 0.5) is 0 Å². The Bertz CT molecular complexity index is 1250. The number of rotatable bonds is 32. The second kappa shape index (κ2) is 26.4. The van der Waals surface area contributed by atoms with Gasteiger partial charge < -0.3 is 18.9 Å². The van der Waals surface area contributed by atoms with E-state index in [0.29, 0.717) is 25.9 Å². The van der Waals surface area contributed by atoms with Gasteiger partial charge in [-0.25, -0.2) is 0 Å². The van der Waals surface area contributed by atoms with Crippen LogP contribution >= 0.6 is 0 Å². The SMILES string of the molecule is CCCCCCCCCC(=O)c1cc(C(=O)CCCC[Si](C)(C)O[Si](C)(C)C)c(C(=O)NCCCCCCCC)cc1C(=O)NCCC[Si](C)(C)O[Si](C)(C)C. The first-order valence-electron chi connectivity index (χ1n) is 22.3. The monoisotopic (exact) mass is 849 g/mol. The fourth-order valence-electron chi connectivity index (χ4n) is 7.56. The van der Waals surface area contributed by atoms with Gasteiger partial charge in [0.1, 0.15) is 0 Å². The molecule has 0 aliphatic rings. The summed E-state index contributed by atoms with van der Waals surface area (Å²) in [6.45, 7) is 27.5. The van der Waals surface area contributed by atoms with Crippen LogP contribution in [0, 0.1) is 0 Å². The molecule has 0 aromatic heterocycles. The third-order valence-electron chi connectivity index (χ3n) is 9.91. The highest BCUT2D eigenvalue weighted by Crippen LogP contribution is 2.26. The quantitative estimate of drug-likeness (QED) is 0.0424. The van der Waals surface area contributed by atoms with Crippen molar-refractivity contribution in [3.05, 3.63) is 34.4 Å². The molecular weight excluding hydrogens is 765 g/mol. The molecule has 2 amide bonds. The summed E-state index contributed by atoms with van der Waals surface area (Å²) in [5, 5.41) is 6.09. The van der Waals surface area contributed by atoms with Crippen molar-refractivity contribution in [1.29, 1.82) is 0 Å². The van der Waals surface area contributed by atoms with Gasteiger partial charge in [0.25, 0.3) is 11.8 Å². The maximum Gasteiger partial charge on any atom is 0.252 e. The summed E-state index contributed by atoms with van der Waals surface area (Å²) in [7, 11) is -7.10. The van der Waals surface area contributed by atoms with Crippen molar-refractivity contribution in [2.45, 2.75) is 207 Å². The first-order chi connectivity index (χ1) is 26.1. The minimum absolute atomic E-state index is 0.148. The number of carbonyl (C=O) groups is 4. The highest BCUT2D eigenvalue weighted by atomic mass is 28.4. The lowest BCUT2D eigenvalue weighted by atomic mass is 9.90. The van der Waals surface area contributed by atoms with Gasteiger partial charge in [0.2, 0.25) is 0 Å². The number of Topliss-reactive ketones (excluding diaryl/α,β-unsaturated/α-hetero) is 2. The molecule has 1 rings (SSSR count). The van der Waals surface area contributed by atoms with E-state index < -0.39 is 33.3 Å². The molecule has 0 fully saturated rings. The molecule has 0 heterocycles. The summed E-state index contributed by atoms with van der Waals surface area (Å²) in [6.07, 6.45) is 17.0. The van der Waals surface area contributed by atoms with E-state index in [1.165, 1.54) is 44.6 Å². The number of nitrogens with one attached hydrogen (secondary N) is 2. The molecule has 0 aliphatic heterocycles. The molecule has 1 aromatic carbocycles. The number of hydrogen-bond donors (Lipinski definition) is 2. The number of hydrogen-bond acceptors (Lipinski definition) is 6. The molecule has 8 nitrogen and oxygen atoms in total. The van der Waals surface area contributed by atoms with E-state index in [2.05, 4.69) is 90.0 Å². The highest BCUT2D eigenvalue weighted by Gasteiger charge is 2.31. The van der Waals surface area contributed by atoms with Crippen molar-refractivity contribution >= 4 is 56.7 Å². The van der Waals surface area contributed by atoms with Crippen LogP contribution in [0.2, 0.25) is 77.6 Å². The molecule has 0 spiro atoms. The molecule has 0 aliphatic carbocycles. The van der Waals surface area contributed by atoms with E-state index in [1.807, 2.05) is 0 Å². The Morgan fingerprint density at radius 3 is 1.21 bits per heavy atom. The van der Waals surface area contributed by atoms with Crippen LogP contribution in [0.15, 0.2) is 12.1 Å². The largest absolute Gasteiger partial charge is 0.456 e. The Morgan fingerprint density at radius 1 is 0.446 bits per heavy atom. The van der Waals surface area contributed by atoms with Crippen LogP contribution < -0.4 is 10.6 Å². The zero-order chi connectivity index (χ0) is 42.4. The number of amides is 2. The van der Waals surface area contributed by atoms with Gasteiger partial charge in [-0.1, -0.05) is 90.9 Å². The molecule has 0 atom stereocenters. The van der Waals surface area contributed by atoms with Gasteiger partial charge in [-0.3, -0.25) is 19.2 Å².